The largest absolute Gasteiger partial charge is 0.392 e. The number of amides is 1. The molecule has 0 saturated heterocycles. The van der Waals surface area contributed by atoms with Gasteiger partial charge in [-0.1, -0.05) is 12.1 Å². The second-order valence-electron chi connectivity index (χ2n) is 4.81. The van der Waals surface area contributed by atoms with Crippen LogP contribution in [0.25, 0.3) is 0 Å². The summed E-state index contributed by atoms with van der Waals surface area (Å²) in [7, 11) is 0. The van der Waals surface area contributed by atoms with E-state index in [0.29, 0.717) is 12.1 Å². The van der Waals surface area contributed by atoms with E-state index in [4.69, 9.17) is 5.73 Å². The molecule has 1 aromatic carbocycles. The van der Waals surface area contributed by atoms with Crippen molar-refractivity contribution in [3.63, 3.8) is 0 Å². The molecule has 4 nitrogen and oxygen atoms in total. The van der Waals surface area contributed by atoms with Gasteiger partial charge in [0.2, 0.25) is 5.91 Å². The first kappa shape index (κ1) is 13.7. The van der Waals surface area contributed by atoms with E-state index in [1.165, 1.54) is 0 Å². The molecule has 1 amide bonds. The topological polar surface area (TPSA) is 75.3 Å². The molecule has 0 aliphatic rings. The van der Waals surface area contributed by atoms with Gasteiger partial charge in [-0.15, -0.1) is 0 Å². The van der Waals surface area contributed by atoms with Crippen LogP contribution < -0.4 is 11.1 Å². The number of carbonyl (C=O) groups excluding carboxylic acids is 1. The van der Waals surface area contributed by atoms with E-state index in [2.05, 4.69) is 5.32 Å². The van der Waals surface area contributed by atoms with Gasteiger partial charge in [-0.25, -0.2) is 0 Å². The number of primary amides is 1. The Kier molecular flexibility index (Phi) is 4.26. The lowest BCUT2D eigenvalue weighted by molar-refractivity contribution is 0.0956. The van der Waals surface area contributed by atoms with E-state index < -0.39 is 12.0 Å². The maximum atomic E-state index is 10.9. The van der Waals surface area contributed by atoms with E-state index in [1.807, 2.05) is 26.0 Å². The smallest absolute Gasteiger partial charge is 0.248 e. The number of aliphatic hydroxyl groups excluding tert-OH is 1. The third-order valence-electron chi connectivity index (χ3n) is 3.03. The van der Waals surface area contributed by atoms with Gasteiger partial charge in [-0.3, -0.25) is 4.79 Å². The van der Waals surface area contributed by atoms with Gasteiger partial charge in [0.15, 0.2) is 0 Å². The standard InChI is InChI=1S/C13H20N2O2/c1-9(16)13(2,3)15-8-10-4-6-11(7-5-10)12(14)17/h4-7,9,15-16H,8H2,1-3H3,(H2,14,17). The highest BCUT2D eigenvalue weighted by atomic mass is 16.3. The molecule has 1 aromatic rings. The van der Waals surface area contributed by atoms with Gasteiger partial charge in [0.1, 0.15) is 0 Å². The van der Waals surface area contributed by atoms with Gasteiger partial charge in [0, 0.05) is 17.6 Å². The fourth-order valence-corrected chi connectivity index (χ4v) is 1.26. The SMILES string of the molecule is CC(O)C(C)(C)NCc1ccc(C(N)=O)cc1. The Morgan fingerprint density at radius 1 is 1.41 bits per heavy atom. The summed E-state index contributed by atoms with van der Waals surface area (Å²) in [5.41, 5.74) is 6.36. The second kappa shape index (κ2) is 5.29. The van der Waals surface area contributed by atoms with Crippen LogP contribution in [-0.2, 0) is 6.54 Å². The van der Waals surface area contributed by atoms with Crippen LogP contribution in [-0.4, -0.2) is 22.7 Å². The number of hydrogen-bond acceptors (Lipinski definition) is 3. The number of benzene rings is 1. The minimum atomic E-state index is -0.438. The summed E-state index contributed by atoms with van der Waals surface area (Å²) in [4.78, 5) is 10.9. The van der Waals surface area contributed by atoms with Crippen molar-refractivity contribution < 1.29 is 9.90 Å². The summed E-state index contributed by atoms with van der Waals surface area (Å²) < 4.78 is 0. The van der Waals surface area contributed by atoms with Crippen LogP contribution >= 0.6 is 0 Å². The maximum absolute atomic E-state index is 10.9. The minimum Gasteiger partial charge on any atom is -0.392 e. The van der Waals surface area contributed by atoms with Gasteiger partial charge >= 0.3 is 0 Å². The lowest BCUT2D eigenvalue weighted by Crippen LogP contribution is -2.47. The Hall–Kier alpha value is -1.39. The first-order valence-corrected chi connectivity index (χ1v) is 5.65. The molecule has 1 unspecified atom stereocenters. The number of nitrogens with one attached hydrogen (secondary N) is 1. The maximum Gasteiger partial charge on any atom is 0.248 e. The number of hydrogen-bond donors (Lipinski definition) is 3. The van der Waals surface area contributed by atoms with E-state index in [9.17, 15) is 9.90 Å². The van der Waals surface area contributed by atoms with Crippen LogP contribution in [0.2, 0.25) is 0 Å². The summed E-state index contributed by atoms with van der Waals surface area (Å²) in [5, 5.41) is 12.8. The highest BCUT2D eigenvalue weighted by Gasteiger charge is 2.22. The van der Waals surface area contributed by atoms with Crippen LogP contribution in [0.3, 0.4) is 0 Å². The number of nitrogens with two attached hydrogens (primary N) is 1. The average molecular weight is 236 g/mol. The highest BCUT2D eigenvalue weighted by molar-refractivity contribution is 5.92. The average Bonchev–Trinajstić information content (AvgIpc) is 2.27. The van der Waals surface area contributed by atoms with E-state index >= 15 is 0 Å². The van der Waals surface area contributed by atoms with Crippen molar-refractivity contribution in [2.24, 2.45) is 5.73 Å². The number of rotatable bonds is 5. The van der Waals surface area contributed by atoms with Crippen LogP contribution in [0.5, 0.6) is 0 Å². The van der Waals surface area contributed by atoms with Gasteiger partial charge in [-0.05, 0) is 38.5 Å². The quantitative estimate of drug-likeness (QED) is 0.715. The first-order valence-electron chi connectivity index (χ1n) is 5.65. The fourth-order valence-electron chi connectivity index (χ4n) is 1.26. The predicted molar refractivity (Wildman–Crippen MR) is 67.6 cm³/mol. The van der Waals surface area contributed by atoms with Crippen molar-refractivity contribution in [1.82, 2.24) is 5.32 Å². The van der Waals surface area contributed by atoms with Crippen LogP contribution in [0.1, 0.15) is 36.7 Å². The third kappa shape index (κ3) is 3.84. The molecule has 0 saturated carbocycles. The Balaban J connectivity index is 2.62. The Labute approximate surface area is 102 Å². The van der Waals surface area contributed by atoms with Gasteiger partial charge in [0.05, 0.1) is 6.10 Å². The van der Waals surface area contributed by atoms with Crippen molar-refractivity contribution in [3.8, 4) is 0 Å². The molecule has 94 valence electrons. The van der Waals surface area contributed by atoms with Crippen LogP contribution in [0.4, 0.5) is 0 Å². The first-order chi connectivity index (χ1) is 7.83. The molecule has 1 atom stereocenters. The van der Waals surface area contributed by atoms with Crippen LogP contribution in [0, 0.1) is 0 Å². The van der Waals surface area contributed by atoms with Gasteiger partial charge in [-0.2, -0.15) is 0 Å². The highest BCUT2D eigenvalue weighted by Crippen LogP contribution is 2.10. The van der Waals surface area contributed by atoms with Crippen molar-refractivity contribution >= 4 is 5.91 Å². The molecule has 4 N–H and O–H groups in total. The van der Waals surface area contributed by atoms with Crippen molar-refractivity contribution in [2.75, 3.05) is 0 Å². The Bertz CT molecular complexity index is 383. The normalized spacial score (nSPS) is 13.4. The molecule has 0 aromatic heterocycles. The van der Waals surface area contributed by atoms with Crippen molar-refractivity contribution in [1.29, 1.82) is 0 Å². The molecule has 0 fully saturated rings. The Morgan fingerprint density at radius 2 is 1.94 bits per heavy atom. The molecule has 1 rings (SSSR count). The van der Waals surface area contributed by atoms with Crippen molar-refractivity contribution in [2.45, 2.75) is 39.0 Å². The zero-order chi connectivity index (χ0) is 13.1. The molecule has 0 radical (unpaired) electrons. The molecule has 0 bridgehead atoms. The zero-order valence-corrected chi connectivity index (χ0v) is 10.5. The number of aliphatic hydroxyl groups is 1. The molecule has 0 heterocycles. The molecule has 0 spiro atoms. The summed E-state index contributed by atoms with van der Waals surface area (Å²) in [6, 6.07) is 7.11. The fraction of sp³-hybridized carbons (Fsp3) is 0.462. The van der Waals surface area contributed by atoms with E-state index in [0.717, 1.165) is 5.56 Å². The minimum absolute atomic E-state index is 0.345. The summed E-state index contributed by atoms with van der Waals surface area (Å²) in [6.07, 6.45) is -0.438. The zero-order valence-electron chi connectivity index (χ0n) is 10.5. The molecular weight excluding hydrogens is 216 g/mol. The van der Waals surface area contributed by atoms with Crippen LogP contribution in [0.15, 0.2) is 24.3 Å². The van der Waals surface area contributed by atoms with Crippen molar-refractivity contribution in [3.05, 3.63) is 35.4 Å². The van der Waals surface area contributed by atoms with Gasteiger partial charge in [0.25, 0.3) is 0 Å². The second-order valence-corrected chi connectivity index (χ2v) is 4.81. The Morgan fingerprint density at radius 3 is 2.35 bits per heavy atom. The molecule has 17 heavy (non-hydrogen) atoms. The molecule has 4 heteroatoms. The monoisotopic (exact) mass is 236 g/mol. The molecular formula is C13H20N2O2. The molecule has 0 aliphatic heterocycles. The summed E-state index contributed by atoms with van der Waals surface area (Å²) >= 11 is 0. The molecule has 0 aliphatic carbocycles. The van der Waals surface area contributed by atoms with E-state index in [1.54, 1.807) is 19.1 Å². The lowest BCUT2D eigenvalue weighted by atomic mass is 9.98. The van der Waals surface area contributed by atoms with E-state index in [-0.39, 0.29) is 5.54 Å². The van der Waals surface area contributed by atoms with Gasteiger partial charge < -0.3 is 16.2 Å². The summed E-state index contributed by atoms with van der Waals surface area (Å²) in [6.45, 7) is 6.27. The lowest BCUT2D eigenvalue weighted by Gasteiger charge is -2.29. The number of carbonyl (C=O) groups is 1. The summed E-state index contributed by atoms with van der Waals surface area (Å²) in [5.74, 6) is -0.422. The predicted octanol–water partition coefficient (Wildman–Crippen LogP) is 1.03. The third-order valence-corrected chi connectivity index (χ3v) is 3.03.